The standard InChI is InChI=1S/C16H22FN/c1-12-5-6-14(11-15(12)17)16(13-7-8-13)9-3-2-4-10-18-16/h5-6,11,13,18H,2-4,7-10H2,1H3. The zero-order valence-electron chi connectivity index (χ0n) is 11.1. The van der Waals surface area contributed by atoms with Gasteiger partial charge in [-0.15, -0.1) is 0 Å². The molecule has 1 heterocycles. The van der Waals surface area contributed by atoms with Gasteiger partial charge in [0.25, 0.3) is 0 Å². The topological polar surface area (TPSA) is 12.0 Å². The minimum atomic E-state index is -0.0569. The number of nitrogens with one attached hydrogen (secondary N) is 1. The van der Waals surface area contributed by atoms with Gasteiger partial charge in [-0.25, -0.2) is 4.39 Å². The van der Waals surface area contributed by atoms with Crippen molar-refractivity contribution >= 4 is 0 Å². The summed E-state index contributed by atoms with van der Waals surface area (Å²) in [5.41, 5.74) is 1.98. The van der Waals surface area contributed by atoms with Gasteiger partial charge in [0.2, 0.25) is 0 Å². The average Bonchev–Trinajstić information content (AvgIpc) is 3.17. The minimum Gasteiger partial charge on any atom is -0.307 e. The molecule has 1 unspecified atom stereocenters. The molecule has 1 aromatic carbocycles. The summed E-state index contributed by atoms with van der Waals surface area (Å²) in [7, 11) is 0. The fraction of sp³-hybridized carbons (Fsp3) is 0.625. The molecular weight excluding hydrogens is 225 g/mol. The fourth-order valence-corrected chi connectivity index (χ4v) is 3.38. The molecule has 2 heteroatoms. The van der Waals surface area contributed by atoms with Gasteiger partial charge in [0.05, 0.1) is 0 Å². The van der Waals surface area contributed by atoms with E-state index in [0.29, 0.717) is 0 Å². The van der Waals surface area contributed by atoms with Crippen LogP contribution in [-0.2, 0) is 5.54 Å². The number of aryl methyl sites for hydroxylation is 1. The van der Waals surface area contributed by atoms with Crippen molar-refractivity contribution < 1.29 is 4.39 Å². The first kappa shape index (κ1) is 12.2. The van der Waals surface area contributed by atoms with E-state index in [-0.39, 0.29) is 11.4 Å². The Morgan fingerprint density at radius 1 is 1.22 bits per heavy atom. The molecule has 0 aromatic heterocycles. The Bertz CT molecular complexity index is 429. The Balaban J connectivity index is 1.99. The van der Waals surface area contributed by atoms with Gasteiger partial charge in [0.1, 0.15) is 5.82 Å². The molecule has 1 atom stereocenters. The van der Waals surface area contributed by atoms with Crippen molar-refractivity contribution in [3.05, 3.63) is 35.1 Å². The molecule has 98 valence electrons. The predicted octanol–water partition coefficient (Wildman–Crippen LogP) is 3.90. The lowest BCUT2D eigenvalue weighted by Crippen LogP contribution is -2.44. The summed E-state index contributed by atoms with van der Waals surface area (Å²) in [5.74, 6) is 0.663. The van der Waals surface area contributed by atoms with Crippen LogP contribution in [0.15, 0.2) is 18.2 Å². The summed E-state index contributed by atoms with van der Waals surface area (Å²) in [6.07, 6.45) is 7.57. The maximum atomic E-state index is 13.9. The van der Waals surface area contributed by atoms with Crippen LogP contribution in [0.25, 0.3) is 0 Å². The smallest absolute Gasteiger partial charge is 0.126 e. The summed E-state index contributed by atoms with van der Waals surface area (Å²) in [6.45, 7) is 2.91. The van der Waals surface area contributed by atoms with Crippen molar-refractivity contribution in [3.63, 3.8) is 0 Å². The van der Waals surface area contributed by atoms with Crippen molar-refractivity contribution in [1.29, 1.82) is 0 Å². The van der Waals surface area contributed by atoms with Gasteiger partial charge in [-0.05, 0) is 62.3 Å². The van der Waals surface area contributed by atoms with Crippen LogP contribution in [-0.4, -0.2) is 6.54 Å². The van der Waals surface area contributed by atoms with Crippen LogP contribution in [0.1, 0.15) is 49.7 Å². The molecule has 2 fully saturated rings. The Hall–Kier alpha value is -0.890. The molecule has 0 bridgehead atoms. The molecule has 1 N–H and O–H groups in total. The van der Waals surface area contributed by atoms with Crippen molar-refractivity contribution in [2.45, 2.75) is 51.0 Å². The molecule has 3 rings (SSSR count). The van der Waals surface area contributed by atoms with E-state index in [4.69, 9.17) is 0 Å². The van der Waals surface area contributed by atoms with E-state index in [1.54, 1.807) is 6.07 Å². The number of hydrogen-bond acceptors (Lipinski definition) is 1. The van der Waals surface area contributed by atoms with Gasteiger partial charge in [-0.1, -0.05) is 25.0 Å². The van der Waals surface area contributed by atoms with Crippen LogP contribution in [0.4, 0.5) is 4.39 Å². The molecule has 1 aromatic rings. The highest BCUT2D eigenvalue weighted by Gasteiger charge is 2.46. The third kappa shape index (κ3) is 2.07. The Morgan fingerprint density at radius 3 is 2.78 bits per heavy atom. The molecule has 2 aliphatic rings. The molecule has 0 spiro atoms. The highest BCUT2D eigenvalue weighted by Crippen LogP contribution is 2.49. The monoisotopic (exact) mass is 247 g/mol. The summed E-state index contributed by atoms with van der Waals surface area (Å²) in [6, 6.07) is 5.84. The van der Waals surface area contributed by atoms with Gasteiger partial charge in [0, 0.05) is 5.54 Å². The molecule has 0 radical (unpaired) electrons. The third-order valence-corrected chi connectivity index (χ3v) is 4.65. The summed E-state index contributed by atoms with van der Waals surface area (Å²) < 4.78 is 13.9. The van der Waals surface area contributed by atoms with Gasteiger partial charge in [0.15, 0.2) is 0 Å². The van der Waals surface area contributed by atoms with Crippen molar-refractivity contribution in [2.24, 2.45) is 5.92 Å². The van der Waals surface area contributed by atoms with Gasteiger partial charge in [-0.3, -0.25) is 0 Å². The molecule has 1 saturated carbocycles. The molecule has 1 aliphatic carbocycles. The zero-order valence-corrected chi connectivity index (χ0v) is 11.1. The van der Waals surface area contributed by atoms with E-state index in [2.05, 4.69) is 11.4 Å². The van der Waals surface area contributed by atoms with Crippen LogP contribution >= 0.6 is 0 Å². The average molecular weight is 247 g/mol. The van der Waals surface area contributed by atoms with Gasteiger partial charge >= 0.3 is 0 Å². The van der Waals surface area contributed by atoms with Crippen molar-refractivity contribution in [1.82, 2.24) is 5.32 Å². The maximum Gasteiger partial charge on any atom is 0.126 e. The first-order valence-corrected chi connectivity index (χ1v) is 7.24. The third-order valence-electron chi connectivity index (χ3n) is 4.65. The van der Waals surface area contributed by atoms with Gasteiger partial charge in [-0.2, -0.15) is 0 Å². The van der Waals surface area contributed by atoms with Crippen LogP contribution < -0.4 is 5.32 Å². The minimum absolute atomic E-state index is 0.0569. The SMILES string of the molecule is Cc1ccc(C2(C3CC3)CCCCCN2)cc1F. The second-order valence-electron chi connectivity index (χ2n) is 5.95. The van der Waals surface area contributed by atoms with E-state index in [9.17, 15) is 4.39 Å². The molecule has 1 aliphatic heterocycles. The number of rotatable bonds is 2. The van der Waals surface area contributed by atoms with Crippen molar-refractivity contribution in [3.8, 4) is 0 Å². The lowest BCUT2D eigenvalue weighted by Gasteiger charge is -2.35. The van der Waals surface area contributed by atoms with E-state index in [1.807, 2.05) is 13.0 Å². The Morgan fingerprint density at radius 2 is 2.06 bits per heavy atom. The van der Waals surface area contributed by atoms with Crippen LogP contribution in [0.3, 0.4) is 0 Å². The maximum absolute atomic E-state index is 13.9. The molecule has 1 nitrogen and oxygen atoms in total. The number of halogens is 1. The van der Waals surface area contributed by atoms with Gasteiger partial charge < -0.3 is 5.32 Å². The van der Waals surface area contributed by atoms with E-state index < -0.39 is 0 Å². The largest absolute Gasteiger partial charge is 0.307 e. The zero-order chi connectivity index (χ0) is 12.6. The highest BCUT2D eigenvalue weighted by atomic mass is 19.1. The van der Waals surface area contributed by atoms with E-state index >= 15 is 0 Å². The molecule has 0 amide bonds. The van der Waals surface area contributed by atoms with E-state index in [0.717, 1.165) is 18.0 Å². The first-order chi connectivity index (χ1) is 8.72. The van der Waals surface area contributed by atoms with Crippen LogP contribution in [0, 0.1) is 18.7 Å². The second-order valence-corrected chi connectivity index (χ2v) is 5.95. The normalized spacial score (nSPS) is 29.0. The molecule has 18 heavy (non-hydrogen) atoms. The lowest BCUT2D eigenvalue weighted by atomic mass is 9.81. The van der Waals surface area contributed by atoms with Crippen LogP contribution in [0.5, 0.6) is 0 Å². The highest BCUT2D eigenvalue weighted by molar-refractivity contribution is 5.31. The Kier molecular flexibility index (Phi) is 3.14. The predicted molar refractivity (Wildman–Crippen MR) is 72.0 cm³/mol. The Labute approximate surface area is 109 Å². The fourth-order valence-electron chi connectivity index (χ4n) is 3.38. The quantitative estimate of drug-likeness (QED) is 0.835. The summed E-state index contributed by atoms with van der Waals surface area (Å²) >= 11 is 0. The number of hydrogen-bond donors (Lipinski definition) is 1. The second kappa shape index (κ2) is 4.65. The molecular formula is C16H22FN. The van der Waals surface area contributed by atoms with E-state index in [1.165, 1.54) is 44.1 Å². The molecule has 1 saturated heterocycles. The summed E-state index contributed by atoms with van der Waals surface area (Å²) in [5, 5.41) is 3.75. The van der Waals surface area contributed by atoms with Crippen molar-refractivity contribution in [2.75, 3.05) is 6.54 Å². The number of benzene rings is 1. The van der Waals surface area contributed by atoms with Crippen LogP contribution in [0.2, 0.25) is 0 Å². The lowest BCUT2D eigenvalue weighted by molar-refractivity contribution is 0.278. The summed E-state index contributed by atoms with van der Waals surface area (Å²) in [4.78, 5) is 0. The first-order valence-electron chi connectivity index (χ1n) is 7.24.